The van der Waals surface area contributed by atoms with Gasteiger partial charge in [-0.3, -0.25) is 4.40 Å². The van der Waals surface area contributed by atoms with Gasteiger partial charge in [0.2, 0.25) is 0 Å². The molecule has 0 radical (unpaired) electrons. The zero-order valence-corrected chi connectivity index (χ0v) is 8.94. The van der Waals surface area contributed by atoms with E-state index in [1.165, 1.54) is 5.69 Å². The summed E-state index contributed by atoms with van der Waals surface area (Å²) in [6.07, 6.45) is 3.40. The van der Waals surface area contributed by atoms with Gasteiger partial charge in [-0.1, -0.05) is 20.8 Å². The van der Waals surface area contributed by atoms with Gasteiger partial charge in [-0.25, -0.2) is 4.98 Å². The first-order valence-electron chi connectivity index (χ1n) is 4.66. The number of hydrogen-bond donors (Lipinski definition) is 0. The molecule has 0 atom stereocenters. The Bertz CT molecular complexity index is 464. The SMILES string of the molecule is Cc1nc2cnncn2c1C(C)(C)C. The summed E-state index contributed by atoms with van der Waals surface area (Å²) in [6, 6.07) is 0. The molecule has 0 aliphatic heterocycles. The van der Waals surface area contributed by atoms with Crippen molar-refractivity contribution in [3.8, 4) is 0 Å². The molecule has 0 amide bonds. The fraction of sp³-hybridized carbons (Fsp3) is 0.500. The molecule has 0 aromatic carbocycles. The van der Waals surface area contributed by atoms with Crippen LogP contribution in [0.3, 0.4) is 0 Å². The molecule has 0 aliphatic rings. The number of imidazole rings is 1. The normalized spacial score (nSPS) is 12.3. The van der Waals surface area contributed by atoms with Gasteiger partial charge in [0.05, 0.1) is 17.6 Å². The van der Waals surface area contributed by atoms with Crippen LogP contribution in [0.4, 0.5) is 0 Å². The molecule has 14 heavy (non-hydrogen) atoms. The highest BCUT2D eigenvalue weighted by molar-refractivity contribution is 5.41. The first-order valence-corrected chi connectivity index (χ1v) is 4.66. The molecular formula is C10H14N4. The van der Waals surface area contributed by atoms with Crippen molar-refractivity contribution in [2.75, 3.05) is 0 Å². The lowest BCUT2D eigenvalue weighted by Gasteiger charge is -2.18. The Morgan fingerprint density at radius 3 is 2.57 bits per heavy atom. The number of fused-ring (bicyclic) bond motifs is 1. The minimum atomic E-state index is 0.0759. The molecule has 0 aliphatic carbocycles. The van der Waals surface area contributed by atoms with Crippen molar-refractivity contribution >= 4 is 5.65 Å². The van der Waals surface area contributed by atoms with Crippen molar-refractivity contribution in [2.45, 2.75) is 33.1 Å². The largest absolute Gasteiger partial charge is 0.284 e. The van der Waals surface area contributed by atoms with E-state index < -0.39 is 0 Å². The summed E-state index contributed by atoms with van der Waals surface area (Å²) in [6.45, 7) is 8.53. The van der Waals surface area contributed by atoms with Gasteiger partial charge in [-0.15, -0.1) is 5.10 Å². The average molecular weight is 190 g/mol. The highest BCUT2D eigenvalue weighted by atomic mass is 15.2. The summed E-state index contributed by atoms with van der Waals surface area (Å²) in [5, 5.41) is 7.69. The van der Waals surface area contributed by atoms with Crippen molar-refractivity contribution in [1.29, 1.82) is 0 Å². The Balaban J connectivity index is 2.81. The van der Waals surface area contributed by atoms with Gasteiger partial charge in [-0.2, -0.15) is 5.10 Å². The predicted octanol–water partition coefficient (Wildman–Crippen LogP) is 1.73. The van der Waals surface area contributed by atoms with E-state index in [2.05, 4.69) is 36.0 Å². The van der Waals surface area contributed by atoms with Gasteiger partial charge >= 0.3 is 0 Å². The molecule has 2 heterocycles. The van der Waals surface area contributed by atoms with Crippen LogP contribution in [0, 0.1) is 6.92 Å². The van der Waals surface area contributed by atoms with Crippen LogP contribution in [0.25, 0.3) is 5.65 Å². The van der Waals surface area contributed by atoms with E-state index in [0.29, 0.717) is 0 Å². The molecular weight excluding hydrogens is 176 g/mol. The number of aryl methyl sites for hydroxylation is 1. The highest BCUT2D eigenvalue weighted by Crippen LogP contribution is 2.25. The molecule has 0 spiro atoms. The first-order chi connectivity index (χ1) is 6.50. The van der Waals surface area contributed by atoms with Crippen LogP contribution in [0.1, 0.15) is 32.2 Å². The van der Waals surface area contributed by atoms with E-state index in [4.69, 9.17) is 0 Å². The fourth-order valence-corrected chi connectivity index (χ4v) is 1.85. The maximum Gasteiger partial charge on any atom is 0.158 e. The summed E-state index contributed by atoms with van der Waals surface area (Å²) in [4.78, 5) is 4.44. The minimum absolute atomic E-state index is 0.0759. The molecule has 0 unspecified atom stereocenters. The Labute approximate surface area is 83.0 Å². The zero-order valence-electron chi connectivity index (χ0n) is 8.94. The van der Waals surface area contributed by atoms with E-state index in [0.717, 1.165) is 11.3 Å². The molecule has 2 aromatic rings. The Morgan fingerprint density at radius 2 is 1.93 bits per heavy atom. The van der Waals surface area contributed by atoms with E-state index >= 15 is 0 Å². The lowest BCUT2D eigenvalue weighted by atomic mass is 9.91. The Hall–Kier alpha value is -1.45. The van der Waals surface area contributed by atoms with Crippen LogP contribution >= 0.6 is 0 Å². The highest BCUT2D eigenvalue weighted by Gasteiger charge is 2.21. The summed E-state index contributed by atoms with van der Waals surface area (Å²) < 4.78 is 2.00. The second-order valence-corrected chi connectivity index (χ2v) is 4.50. The molecule has 2 aromatic heterocycles. The maximum absolute atomic E-state index is 4.44. The molecule has 0 saturated carbocycles. The van der Waals surface area contributed by atoms with Crippen LogP contribution < -0.4 is 0 Å². The van der Waals surface area contributed by atoms with Crippen LogP contribution in [0.2, 0.25) is 0 Å². The molecule has 0 fully saturated rings. The Kier molecular flexibility index (Phi) is 1.80. The lowest BCUT2D eigenvalue weighted by molar-refractivity contribution is 0.556. The van der Waals surface area contributed by atoms with Gasteiger partial charge in [0, 0.05) is 5.41 Å². The van der Waals surface area contributed by atoms with Crippen LogP contribution in [-0.4, -0.2) is 19.6 Å². The third-order valence-electron chi connectivity index (χ3n) is 2.23. The van der Waals surface area contributed by atoms with E-state index in [1.807, 2.05) is 11.3 Å². The average Bonchev–Trinajstić information content (AvgIpc) is 2.38. The number of aromatic nitrogens is 4. The summed E-state index contributed by atoms with van der Waals surface area (Å²) in [7, 11) is 0. The molecule has 0 bridgehead atoms. The second-order valence-electron chi connectivity index (χ2n) is 4.50. The minimum Gasteiger partial charge on any atom is -0.284 e. The lowest BCUT2D eigenvalue weighted by Crippen LogP contribution is -2.16. The fourth-order valence-electron chi connectivity index (χ4n) is 1.85. The van der Waals surface area contributed by atoms with E-state index in [1.54, 1.807) is 12.5 Å². The molecule has 2 rings (SSSR count). The third kappa shape index (κ3) is 1.27. The second kappa shape index (κ2) is 2.77. The Morgan fingerprint density at radius 1 is 1.21 bits per heavy atom. The first kappa shape index (κ1) is 9.12. The summed E-state index contributed by atoms with van der Waals surface area (Å²) >= 11 is 0. The molecule has 0 saturated heterocycles. The molecule has 74 valence electrons. The summed E-state index contributed by atoms with van der Waals surface area (Å²) in [5.41, 5.74) is 3.18. The topological polar surface area (TPSA) is 43.1 Å². The quantitative estimate of drug-likeness (QED) is 0.635. The number of nitrogens with zero attached hydrogens (tertiary/aromatic N) is 4. The molecule has 4 nitrogen and oxygen atoms in total. The molecule has 4 heteroatoms. The van der Waals surface area contributed by atoms with E-state index in [-0.39, 0.29) is 5.41 Å². The van der Waals surface area contributed by atoms with Crippen LogP contribution in [-0.2, 0) is 5.41 Å². The van der Waals surface area contributed by atoms with Crippen molar-refractivity contribution in [3.05, 3.63) is 23.9 Å². The van der Waals surface area contributed by atoms with Gasteiger partial charge in [0.25, 0.3) is 0 Å². The predicted molar refractivity (Wildman–Crippen MR) is 54.2 cm³/mol. The van der Waals surface area contributed by atoms with Crippen molar-refractivity contribution in [1.82, 2.24) is 19.6 Å². The standard InChI is InChI=1S/C10H14N4/c1-7-9(10(2,3)4)14-6-12-11-5-8(14)13-7/h5-6H,1-4H3. The van der Waals surface area contributed by atoms with Gasteiger partial charge in [0.15, 0.2) is 5.65 Å². The van der Waals surface area contributed by atoms with Crippen LogP contribution in [0.15, 0.2) is 12.5 Å². The smallest absolute Gasteiger partial charge is 0.158 e. The van der Waals surface area contributed by atoms with Gasteiger partial charge in [0.1, 0.15) is 6.33 Å². The van der Waals surface area contributed by atoms with Gasteiger partial charge in [-0.05, 0) is 6.92 Å². The van der Waals surface area contributed by atoms with Crippen molar-refractivity contribution in [3.63, 3.8) is 0 Å². The van der Waals surface area contributed by atoms with Gasteiger partial charge < -0.3 is 0 Å². The number of rotatable bonds is 0. The van der Waals surface area contributed by atoms with Crippen molar-refractivity contribution < 1.29 is 0 Å². The maximum atomic E-state index is 4.44. The van der Waals surface area contributed by atoms with Crippen LogP contribution in [0.5, 0.6) is 0 Å². The van der Waals surface area contributed by atoms with Crippen molar-refractivity contribution in [2.24, 2.45) is 0 Å². The summed E-state index contributed by atoms with van der Waals surface area (Å²) in [5.74, 6) is 0. The third-order valence-corrected chi connectivity index (χ3v) is 2.23. The zero-order chi connectivity index (χ0) is 10.3. The molecule has 0 N–H and O–H groups in total. The van der Waals surface area contributed by atoms with E-state index in [9.17, 15) is 0 Å². The number of hydrogen-bond acceptors (Lipinski definition) is 3. The monoisotopic (exact) mass is 190 g/mol.